The van der Waals surface area contributed by atoms with Crippen molar-refractivity contribution in [3.63, 3.8) is 0 Å². The number of fused-ring (bicyclic) bond motifs is 6. The van der Waals surface area contributed by atoms with Crippen LogP contribution in [0.25, 0.3) is 60.5 Å². The highest BCUT2D eigenvalue weighted by molar-refractivity contribution is 9.10. The summed E-state index contributed by atoms with van der Waals surface area (Å²) in [6.45, 7) is 0. The zero-order valence-corrected chi connectivity index (χ0v) is 20.8. The Kier molecular flexibility index (Phi) is 4.75. The quantitative estimate of drug-likeness (QED) is 0.230. The highest BCUT2D eigenvalue weighted by Gasteiger charge is 2.18. The molecule has 0 fully saturated rings. The fourth-order valence-corrected chi connectivity index (χ4v) is 5.94. The Hall–Kier alpha value is -3.87. The molecule has 7 rings (SSSR count). The van der Waals surface area contributed by atoms with Crippen LogP contribution < -0.4 is 0 Å². The minimum atomic E-state index is 0.604. The standard InChI is InChI=1S/C29H17BrN4S/c30-20-11-12-21-24(17-20)22-14-16-35-26(22)23-13-15-34(25(21)23)29-32-27(18-7-3-1-4-8-18)31-28(33-29)19-9-5-2-6-10-19/h1-17H. The molecule has 0 saturated heterocycles. The van der Waals surface area contributed by atoms with Gasteiger partial charge in [-0.1, -0.05) is 82.7 Å². The van der Waals surface area contributed by atoms with Crippen LogP contribution in [0.15, 0.2) is 107 Å². The van der Waals surface area contributed by atoms with Gasteiger partial charge in [0.2, 0.25) is 5.95 Å². The van der Waals surface area contributed by atoms with E-state index in [0.717, 1.165) is 21.1 Å². The van der Waals surface area contributed by atoms with E-state index in [4.69, 9.17) is 15.0 Å². The molecule has 0 radical (unpaired) electrons. The van der Waals surface area contributed by atoms with Crippen LogP contribution in [0.5, 0.6) is 0 Å². The molecule has 0 aliphatic carbocycles. The Labute approximate surface area is 213 Å². The molecular weight excluding hydrogens is 516 g/mol. The first kappa shape index (κ1) is 20.5. The number of halogens is 1. The van der Waals surface area contributed by atoms with E-state index < -0.39 is 0 Å². The summed E-state index contributed by atoms with van der Waals surface area (Å²) in [6.07, 6.45) is 2.07. The molecule has 7 aromatic rings. The third-order valence-corrected chi connectivity index (χ3v) is 7.67. The minimum absolute atomic E-state index is 0.604. The molecule has 0 aliphatic rings. The Morgan fingerprint density at radius 2 is 1.31 bits per heavy atom. The van der Waals surface area contributed by atoms with Crippen LogP contribution in [0, 0.1) is 0 Å². The first-order valence-corrected chi connectivity index (χ1v) is 12.9. The summed E-state index contributed by atoms with van der Waals surface area (Å²) >= 11 is 5.42. The molecule has 0 aliphatic heterocycles. The smallest absolute Gasteiger partial charge is 0.238 e. The second-order valence-corrected chi connectivity index (χ2v) is 10.1. The number of thiophene rings is 1. The van der Waals surface area contributed by atoms with E-state index in [9.17, 15) is 0 Å². The molecule has 4 aromatic carbocycles. The normalized spacial score (nSPS) is 11.6. The summed E-state index contributed by atoms with van der Waals surface area (Å²) < 4.78 is 4.43. The maximum absolute atomic E-state index is 4.95. The van der Waals surface area contributed by atoms with Crippen molar-refractivity contribution in [3.8, 4) is 28.7 Å². The van der Waals surface area contributed by atoms with Gasteiger partial charge >= 0.3 is 0 Å². The fourth-order valence-electron chi connectivity index (χ4n) is 4.64. The zero-order valence-electron chi connectivity index (χ0n) is 18.4. The molecule has 0 spiro atoms. The zero-order chi connectivity index (χ0) is 23.4. The van der Waals surface area contributed by atoms with Crippen molar-refractivity contribution in [3.05, 3.63) is 107 Å². The molecule has 3 aromatic heterocycles. The van der Waals surface area contributed by atoms with Gasteiger partial charge in [0.05, 0.1) is 5.52 Å². The van der Waals surface area contributed by atoms with E-state index in [-0.39, 0.29) is 0 Å². The van der Waals surface area contributed by atoms with Gasteiger partial charge in [-0.15, -0.1) is 11.3 Å². The number of rotatable bonds is 3. The molecule has 0 amide bonds. The summed E-state index contributed by atoms with van der Waals surface area (Å²) in [5.41, 5.74) is 3.02. The lowest BCUT2D eigenvalue weighted by Crippen LogP contribution is -2.05. The predicted molar refractivity (Wildman–Crippen MR) is 148 cm³/mol. The van der Waals surface area contributed by atoms with Crippen molar-refractivity contribution >= 4 is 59.0 Å². The monoisotopic (exact) mass is 532 g/mol. The number of aromatic nitrogens is 4. The number of hydrogen-bond acceptors (Lipinski definition) is 4. The Morgan fingerprint density at radius 3 is 2.00 bits per heavy atom. The van der Waals surface area contributed by atoms with Crippen molar-refractivity contribution in [2.45, 2.75) is 0 Å². The Bertz CT molecular complexity index is 1800. The predicted octanol–water partition coefficient (Wildman–Crippen LogP) is 8.28. The number of nitrogens with zero attached hydrogens (tertiary/aromatic N) is 4. The van der Waals surface area contributed by atoms with Crippen molar-refractivity contribution in [2.75, 3.05) is 0 Å². The van der Waals surface area contributed by atoms with Gasteiger partial charge in [-0.25, -0.2) is 4.98 Å². The van der Waals surface area contributed by atoms with Gasteiger partial charge in [0.15, 0.2) is 11.6 Å². The van der Waals surface area contributed by atoms with Gasteiger partial charge in [0, 0.05) is 42.7 Å². The summed E-state index contributed by atoms with van der Waals surface area (Å²) in [5, 5.41) is 7.01. The molecular formula is C29H17BrN4S. The minimum Gasteiger partial charge on any atom is -0.285 e. The summed E-state index contributed by atoms with van der Waals surface area (Å²) in [4.78, 5) is 14.7. The van der Waals surface area contributed by atoms with E-state index in [1.54, 1.807) is 11.3 Å². The van der Waals surface area contributed by atoms with Crippen LogP contribution in [-0.2, 0) is 0 Å². The van der Waals surface area contributed by atoms with Crippen LogP contribution in [0.1, 0.15) is 0 Å². The van der Waals surface area contributed by atoms with E-state index in [0.29, 0.717) is 17.6 Å². The highest BCUT2D eigenvalue weighted by Crippen LogP contribution is 2.40. The van der Waals surface area contributed by atoms with E-state index >= 15 is 0 Å². The third kappa shape index (κ3) is 3.37. The fraction of sp³-hybridized carbons (Fsp3) is 0. The lowest BCUT2D eigenvalue weighted by molar-refractivity contribution is 0.935. The van der Waals surface area contributed by atoms with Crippen molar-refractivity contribution < 1.29 is 0 Å². The average Bonchev–Trinajstić information content (AvgIpc) is 3.57. The first-order valence-electron chi connectivity index (χ1n) is 11.2. The first-order chi connectivity index (χ1) is 17.3. The second-order valence-electron chi connectivity index (χ2n) is 8.32. The van der Waals surface area contributed by atoms with Crippen LogP contribution in [0.2, 0.25) is 0 Å². The summed E-state index contributed by atoms with van der Waals surface area (Å²) in [5.74, 6) is 1.91. The molecule has 6 heteroatoms. The van der Waals surface area contributed by atoms with Crippen molar-refractivity contribution in [1.82, 2.24) is 19.5 Å². The van der Waals surface area contributed by atoms with Gasteiger partial charge in [0.1, 0.15) is 0 Å². The van der Waals surface area contributed by atoms with Gasteiger partial charge in [-0.2, -0.15) is 9.97 Å². The summed E-state index contributed by atoms with van der Waals surface area (Å²) in [6, 6.07) is 31.0. The van der Waals surface area contributed by atoms with Gasteiger partial charge < -0.3 is 0 Å². The van der Waals surface area contributed by atoms with E-state index in [1.807, 2.05) is 60.7 Å². The molecule has 3 heterocycles. The number of hydrogen-bond donors (Lipinski definition) is 0. The van der Waals surface area contributed by atoms with E-state index in [2.05, 4.69) is 62.4 Å². The van der Waals surface area contributed by atoms with E-state index in [1.165, 1.54) is 26.2 Å². The molecule has 166 valence electrons. The van der Waals surface area contributed by atoms with Gasteiger partial charge in [-0.05, 0) is 35.0 Å². The van der Waals surface area contributed by atoms with Crippen LogP contribution in [0.4, 0.5) is 0 Å². The molecule has 4 nitrogen and oxygen atoms in total. The molecule has 0 saturated carbocycles. The molecule has 0 unspecified atom stereocenters. The second kappa shape index (κ2) is 8.12. The molecule has 35 heavy (non-hydrogen) atoms. The maximum Gasteiger partial charge on any atom is 0.238 e. The topological polar surface area (TPSA) is 43.6 Å². The lowest BCUT2D eigenvalue weighted by atomic mass is 10.0. The summed E-state index contributed by atoms with van der Waals surface area (Å²) in [7, 11) is 0. The van der Waals surface area contributed by atoms with Crippen LogP contribution in [0.3, 0.4) is 0 Å². The van der Waals surface area contributed by atoms with Crippen LogP contribution in [-0.4, -0.2) is 19.5 Å². The Balaban J connectivity index is 1.56. The largest absolute Gasteiger partial charge is 0.285 e. The highest BCUT2D eigenvalue weighted by atomic mass is 79.9. The average molecular weight is 533 g/mol. The SMILES string of the molecule is Brc1ccc2c(c1)c1ccsc1c1ccn(-c3nc(-c4ccccc4)nc(-c4ccccc4)n3)c21. The van der Waals surface area contributed by atoms with Crippen LogP contribution >= 0.6 is 27.3 Å². The van der Waals surface area contributed by atoms with Gasteiger partial charge in [-0.3, -0.25) is 4.57 Å². The molecule has 0 bridgehead atoms. The maximum atomic E-state index is 4.95. The molecule has 0 atom stereocenters. The third-order valence-electron chi connectivity index (χ3n) is 6.23. The molecule has 0 N–H and O–H groups in total. The van der Waals surface area contributed by atoms with Crippen molar-refractivity contribution in [2.24, 2.45) is 0 Å². The number of benzene rings is 4. The van der Waals surface area contributed by atoms with Gasteiger partial charge in [0.25, 0.3) is 0 Å². The van der Waals surface area contributed by atoms with Crippen molar-refractivity contribution in [1.29, 1.82) is 0 Å². The Morgan fingerprint density at radius 1 is 0.629 bits per heavy atom. The lowest BCUT2D eigenvalue weighted by Gasteiger charge is -2.11.